The molecule has 0 spiro atoms. The largest absolute Gasteiger partial charge is 0.339 e. The third-order valence-corrected chi connectivity index (χ3v) is 3.14. The maximum Gasteiger partial charge on any atom is 0.242 e. The van der Waals surface area contributed by atoms with Crippen molar-refractivity contribution in [3.63, 3.8) is 0 Å². The molecule has 0 radical (unpaired) electrons. The van der Waals surface area contributed by atoms with Crippen LogP contribution in [0.15, 0.2) is 0 Å². The van der Waals surface area contributed by atoms with E-state index in [-0.39, 0.29) is 24.3 Å². The zero-order valence-corrected chi connectivity index (χ0v) is 9.74. The van der Waals surface area contributed by atoms with Crippen molar-refractivity contribution in [1.29, 1.82) is 0 Å². The molecule has 5 heteroatoms. The number of amides is 2. The van der Waals surface area contributed by atoms with Crippen molar-refractivity contribution in [3.05, 3.63) is 0 Å². The average molecular weight is 225 g/mol. The van der Waals surface area contributed by atoms with Gasteiger partial charge in [-0.2, -0.15) is 0 Å². The van der Waals surface area contributed by atoms with Crippen molar-refractivity contribution in [2.24, 2.45) is 5.92 Å². The highest BCUT2D eigenvalue weighted by atomic mass is 16.2. The summed E-state index contributed by atoms with van der Waals surface area (Å²) >= 11 is 0. The molecule has 0 aromatic heterocycles. The maximum atomic E-state index is 11.9. The van der Waals surface area contributed by atoms with Crippen molar-refractivity contribution in [2.45, 2.75) is 12.8 Å². The Morgan fingerprint density at radius 2 is 1.94 bits per heavy atom. The molecule has 2 aliphatic rings. The number of hydrogen-bond donors (Lipinski definition) is 1. The van der Waals surface area contributed by atoms with Gasteiger partial charge in [0.05, 0.1) is 6.54 Å². The van der Waals surface area contributed by atoms with Gasteiger partial charge < -0.3 is 15.1 Å². The van der Waals surface area contributed by atoms with E-state index in [9.17, 15) is 9.59 Å². The highest BCUT2D eigenvalue weighted by Gasteiger charge is 2.33. The molecule has 5 nitrogen and oxygen atoms in total. The van der Waals surface area contributed by atoms with Crippen molar-refractivity contribution in [3.8, 4) is 0 Å². The third kappa shape index (κ3) is 2.72. The molecule has 1 saturated heterocycles. The van der Waals surface area contributed by atoms with Crippen molar-refractivity contribution in [1.82, 2.24) is 15.1 Å². The molecule has 0 bridgehead atoms. The van der Waals surface area contributed by atoms with E-state index >= 15 is 0 Å². The zero-order valence-electron chi connectivity index (χ0n) is 9.74. The van der Waals surface area contributed by atoms with E-state index in [1.54, 1.807) is 11.9 Å². The molecular formula is C11H19N3O2. The summed E-state index contributed by atoms with van der Waals surface area (Å²) in [6.07, 6.45) is 1.98. The molecule has 2 amide bonds. The van der Waals surface area contributed by atoms with E-state index in [1.807, 2.05) is 4.90 Å². The number of likely N-dealkylation sites (N-methyl/N-ethyl adjacent to an activating group) is 1. The van der Waals surface area contributed by atoms with Crippen LogP contribution in [0, 0.1) is 5.92 Å². The Balaban J connectivity index is 1.78. The number of carbonyl (C=O) groups is 2. The minimum Gasteiger partial charge on any atom is -0.339 e. The van der Waals surface area contributed by atoms with Gasteiger partial charge in [0.2, 0.25) is 11.8 Å². The summed E-state index contributed by atoms with van der Waals surface area (Å²) < 4.78 is 0. The summed E-state index contributed by atoms with van der Waals surface area (Å²) in [6.45, 7) is 3.45. The number of hydrogen-bond acceptors (Lipinski definition) is 3. The van der Waals surface area contributed by atoms with Gasteiger partial charge in [-0.25, -0.2) is 0 Å². The summed E-state index contributed by atoms with van der Waals surface area (Å²) in [7, 11) is 1.72. The molecule has 90 valence electrons. The lowest BCUT2D eigenvalue weighted by Crippen LogP contribution is -2.49. The van der Waals surface area contributed by atoms with Gasteiger partial charge >= 0.3 is 0 Å². The second-order valence-electron chi connectivity index (χ2n) is 4.60. The molecule has 2 fully saturated rings. The van der Waals surface area contributed by atoms with Crippen LogP contribution in [0.3, 0.4) is 0 Å². The second kappa shape index (κ2) is 4.82. The number of nitrogens with one attached hydrogen (secondary N) is 1. The van der Waals surface area contributed by atoms with Crippen LogP contribution < -0.4 is 5.32 Å². The first kappa shape index (κ1) is 11.4. The van der Waals surface area contributed by atoms with E-state index in [0.29, 0.717) is 0 Å². The van der Waals surface area contributed by atoms with Gasteiger partial charge in [-0.1, -0.05) is 0 Å². The average Bonchev–Trinajstić information content (AvgIpc) is 3.13. The fourth-order valence-corrected chi connectivity index (χ4v) is 1.94. The van der Waals surface area contributed by atoms with Crippen molar-refractivity contribution >= 4 is 11.8 Å². The summed E-state index contributed by atoms with van der Waals surface area (Å²) in [5, 5.41) is 3.20. The monoisotopic (exact) mass is 225 g/mol. The number of piperazine rings is 1. The number of carbonyl (C=O) groups excluding carboxylic acids is 2. The quantitative estimate of drug-likeness (QED) is 0.690. The predicted molar refractivity (Wildman–Crippen MR) is 59.8 cm³/mol. The Hall–Kier alpha value is -1.10. The van der Waals surface area contributed by atoms with Gasteiger partial charge in [0.25, 0.3) is 0 Å². The van der Waals surface area contributed by atoms with Crippen LogP contribution in [0.25, 0.3) is 0 Å². The molecule has 1 aliphatic heterocycles. The molecule has 0 atom stereocenters. The number of rotatable bonds is 3. The van der Waals surface area contributed by atoms with Gasteiger partial charge in [-0.05, 0) is 12.8 Å². The molecule has 1 saturated carbocycles. The van der Waals surface area contributed by atoms with Crippen LogP contribution >= 0.6 is 0 Å². The molecule has 1 aliphatic carbocycles. The van der Waals surface area contributed by atoms with Crippen LogP contribution in [0.4, 0.5) is 0 Å². The zero-order chi connectivity index (χ0) is 11.5. The Labute approximate surface area is 95.8 Å². The highest BCUT2D eigenvalue weighted by Crippen LogP contribution is 2.30. The van der Waals surface area contributed by atoms with Gasteiger partial charge in [-0.15, -0.1) is 0 Å². The summed E-state index contributed by atoms with van der Waals surface area (Å²) in [5.41, 5.74) is 0. The lowest BCUT2D eigenvalue weighted by Gasteiger charge is -2.29. The molecule has 0 aromatic rings. The molecule has 1 N–H and O–H groups in total. The summed E-state index contributed by atoms with van der Waals surface area (Å²) in [6, 6.07) is 0. The first-order valence-electron chi connectivity index (χ1n) is 5.92. The van der Waals surface area contributed by atoms with Crippen molar-refractivity contribution in [2.75, 3.05) is 39.8 Å². The second-order valence-corrected chi connectivity index (χ2v) is 4.60. The molecule has 16 heavy (non-hydrogen) atoms. The smallest absolute Gasteiger partial charge is 0.242 e. The van der Waals surface area contributed by atoms with E-state index in [2.05, 4.69) is 5.32 Å². The molecule has 2 rings (SSSR count). The lowest BCUT2D eigenvalue weighted by atomic mass is 10.3. The molecule has 0 unspecified atom stereocenters. The Bertz CT molecular complexity index is 283. The topological polar surface area (TPSA) is 52.7 Å². The van der Waals surface area contributed by atoms with Crippen LogP contribution in [0.2, 0.25) is 0 Å². The highest BCUT2D eigenvalue weighted by molar-refractivity contribution is 5.86. The van der Waals surface area contributed by atoms with Gasteiger partial charge in [0.15, 0.2) is 0 Å². The molecule has 0 aromatic carbocycles. The Morgan fingerprint density at radius 1 is 1.31 bits per heavy atom. The minimum atomic E-state index is 0.0676. The normalized spacial score (nSPS) is 20.7. The Kier molecular flexibility index (Phi) is 3.43. The van der Waals surface area contributed by atoms with Gasteiger partial charge in [-0.3, -0.25) is 9.59 Å². The van der Waals surface area contributed by atoms with Crippen LogP contribution in [-0.2, 0) is 9.59 Å². The van der Waals surface area contributed by atoms with Crippen LogP contribution in [0.1, 0.15) is 12.8 Å². The van der Waals surface area contributed by atoms with Crippen LogP contribution in [0.5, 0.6) is 0 Å². The van der Waals surface area contributed by atoms with Crippen molar-refractivity contribution < 1.29 is 9.59 Å². The lowest BCUT2D eigenvalue weighted by molar-refractivity contribution is -0.140. The van der Waals surface area contributed by atoms with Gasteiger partial charge in [0.1, 0.15) is 0 Å². The fraction of sp³-hybridized carbons (Fsp3) is 0.818. The Morgan fingerprint density at radius 3 is 2.50 bits per heavy atom. The SMILES string of the molecule is CN(CC(=O)N1CCNCC1)C(=O)C1CC1. The minimum absolute atomic E-state index is 0.0676. The summed E-state index contributed by atoms with van der Waals surface area (Å²) in [4.78, 5) is 26.9. The standard InChI is InChI=1S/C11H19N3O2/c1-13(11(16)9-2-3-9)8-10(15)14-6-4-12-5-7-14/h9,12H,2-8H2,1H3. The van der Waals surface area contributed by atoms with Gasteiger partial charge in [0, 0.05) is 39.1 Å². The fourth-order valence-electron chi connectivity index (χ4n) is 1.94. The molecule has 1 heterocycles. The molecular weight excluding hydrogens is 206 g/mol. The van der Waals surface area contributed by atoms with E-state index in [0.717, 1.165) is 39.0 Å². The first-order chi connectivity index (χ1) is 7.68. The van der Waals surface area contributed by atoms with E-state index in [4.69, 9.17) is 0 Å². The third-order valence-electron chi connectivity index (χ3n) is 3.14. The summed E-state index contributed by atoms with van der Waals surface area (Å²) in [5.74, 6) is 0.391. The van der Waals surface area contributed by atoms with E-state index < -0.39 is 0 Å². The number of nitrogens with zero attached hydrogens (tertiary/aromatic N) is 2. The van der Waals surface area contributed by atoms with E-state index in [1.165, 1.54) is 0 Å². The van der Waals surface area contributed by atoms with Crippen LogP contribution in [-0.4, -0.2) is 61.4 Å². The first-order valence-corrected chi connectivity index (χ1v) is 5.92. The maximum absolute atomic E-state index is 11.9. The predicted octanol–water partition coefficient (Wildman–Crippen LogP) is -0.713.